The predicted molar refractivity (Wildman–Crippen MR) is 111 cm³/mol. The lowest BCUT2D eigenvalue weighted by atomic mass is 10.3. The van der Waals surface area contributed by atoms with Gasteiger partial charge in [0.15, 0.2) is 0 Å². The van der Waals surface area contributed by atoms with Crippen LogP contribution in [0.15, 0.2) is 83.1 Å². The third-order valence-corrected chi connectivity index (χ3v) is 6.35. The number of sulfonamides is 1. The molecule has 142 valence electrons. The van der Waals surface area contributed by atoms with E-state index >= 15 is 0 Å². The van der Waals surface area contributed by atoms with Crippen molar-refractivity contribution in [2.24, 2.45) is 0 Å². The molecule has 6 nitrogen and oxygen atoms in total. The van der Waals surface area contributed by atoms with Crippen LogP contribution in [0.1, 0.15) is 0 Å². The van der Waals surface area contributed by atoms with Crippen LogP contribution < -0.4 is 9.46 Å². The molecule has 1 N–H and O–H groups in total. The Morgan fingerprint density at radius 1 is 1.00 bits per heavy atom. The van der Waals surface area contributed by atoms with Gasteiger partial charge >= 0.3 is 0 Å². The second-order valence-electron chi connectivity index (χ2n) is 5.89. The van der Waals surface area contributed by atoms with Crippen LogP contribution in [0.25, 0.3) is 16.3 Å². The molecule has 0 aliphatic rings. The van der Waals surface area contributed by atoms with Gasteiger partial charge in [0.25, 0.3) is 10.0 Å². The van der Waals surface area contributed by atoms with Crippen LogP contribution in [0.5, 0.6) is 5.75 Å². The molecule has 0 fully saturated rings. The number of methoxy groups -OCH3 is 1. The van der Waals surface area contributed by atoms with Crippen molar-refractivity contribution >= 4 is 27.2 Å². The Kier molecular flexibility index (Phi) is 4.89. The topological polar surface area (TPSA) is 73.2 Å². The second kappa shape index (κ2) is 7.49. The number of hydrogen-bond donors (Lipinski definition) is 1. The molecule has 0 saturated carbocycles. The quantitative estimate of drug-likeness (QED) is 0.510. The highest BCUT2D eigenvalue weighted by molar-refractivity contribution is 7.92. The Labute approximate surface area is 167 Å². The summed E-state index contributed by atoms with van der Waals surface area (Å²) in [6.07, 6.45) is 0. The molecule has 0 aliphatic carbocycles. The molecular weight excluding hydrogens is 394 g/mol. The number of ether oxygens (including phenoxy) is 1. The van der Waals surface area contributed by atoms with Crippen LogP contribution >= 0.6 is 11.3 Å². The number of nitrogens with one attached hydrogen (secondary N) is 1. The van der Waals surface area contributed by atoms with E-state index in [4.69, 9.17) is 4.74 Å². The van der Waals surface area contributed by atoms with Gasteiger partial charge in [0.1, 0.15) is 22.9 Å². The number of benzene rings is 2. The lowest BCUT2D eigenvalue weighted by Gasteiger charge is -2.13. The molecular formula is C20H17N3O3S2. The molecule has 0 radical (unpaired) electrons. The molecule has 0 amide bonds. The maximum absolute atomic E-state index is 12.9. The number of hydrogen-bond acceptors (Lipinski definition) is 5. The number of rotatable bonds is 6. The molecule has 0 spiro atoms. The summed E-state index contributed by atoms with van der Waals surface area (Å²) in [5, 5.41) is 6.58. The van der Waals surface area contributed by atoms with E-state index in [2.05, 4.69) is 9.82 Å². The van der Waals surface area contributed by atoms with Crippen molar-refractivity contribution in [3.8, 4) is 22.0 Å². The van der Waals surface area contributed by atoms with E-state index in [9.17, 15) is 8.42 Å². The molecule has 8 heteroatoms. The summed E-state index contributed by atoms with van der Waals surface area (Å²) in [7, 11) is -2.20. The number of anilines is 1. The van der Waals surface area contributed by atoms with E-state index in [-0.39, 0.29) is 4.90 Å². The van der Waals surface area contributed by atoms with Gasteiger partial charge in [0.2, 0.25) is 0 Å². The van der Waals surface area contributed by atoms with E-state index < -0.39 is 10.0 Å². The van der Waals surface area contributed by atoms with Crippen LogP contribution in [0.4, 0.5) is 5.82 Å². The van der Waals surface area contributed by atoms with Crippen LogP contribution in [-0.4, -0.2) is 25.3 Å². The van der Waals surface area contributed by atoms with Crippen LogP contribution in [0.3, 0.4) is 0 Å². The first-order chi connectivity index (χ1) is 13.6. The zero-order valence-electron chi connectivity index (χ0n) is 14.9. The first kappa shape index (κ1) is 18.3. The third kappa shape index (κ3) is 3.51. The van der Waals surface area contributed by atoms with Gasteiger partial charge in [-0.05, 0) is 35.7 Å². The summed E-state index contributed by atoms with van der Waals surface area (Å²) < 4.78 is 35.4. The van der Waals surface area contributed by atoms with E-state index in [1.54, 1.807) is 54.3 Å². The molecule has 0 saturated heterocycles. The minimum atomic E-state index is -3.77. The minimum Gasteiger partial charge on any atom is -0.494 e. The molecule has 0 unspecified atom stereocenters. The summed E-state index contributed by atoms with van der Waals surface area (Å²) in [5.41, 5.74) is 1.31. The van der Waals surface area contributed by atoms with E-state index in [1.807, 2.05) is 35.7 Å². The number of thiophene rings is 1. The monoisotopic (exact) mass is 411 g/mol. The number of aromatic nitrogens is 2. The van der Waals surface area contributed by atoms with Crippen molar-refractivity contribution < 1.29 is 13.2 Å². The Balaban J connectivity index is 1.84. The van der Waals surface area contributed by atoms with Gasteiger partial charge in [-0.25, -0.2) is 13.1 Å². The standard InChI is InChI=1S/C20H17N3O3S2/c1-26-18-11-6-5-10-17(18)23-20(14-16(21-23)19-12-7-13-27-19)22-28(24,25)15-8-3-2-4-9-15/h2-14,22H,1H3. The SMILES string of the molecule is COc1ccccc1-n1nc(-c2cccs2)cc1NS(=O)(=O)c1ccccc1. The lowest BCUT2D eigenvalue weighted by molar-refractivity contribution is 0.412. The molecule has 0 aliphatic heterocycles. The molecule has 4 aromatic rings. The third-order valence-electron chi connectivity index (χ3n) is 4.09. The van der Waals surface area contributed by atoms with Gasteiger partial charge in [0.05, 0.1) is 16.9 Å². The fraction of sp³-hybridized carbons (Fsp3) is 0.0500. The maximum Gasteiger partial charge on any atom is 0.263 e. The Bertz CT molecular complexity index is 1180. The number of nitrogens with zero attached hydrogens (tertiary/aromatic N) is 2. The van der Waals surface area contributed by atoms with Gasteiger partial charge in [-0.15, -0.1) is 11.3 Å². The van der Waals surface area contributed by atoms with Crippen molar-refractivity contribution in [2.75, 3.05) is 11.8 Å². The molecule has 2 aromatic heterocycles. The van der Waals surface area contributed by atoms with Crippen LogP contribution in [0.2, 0.25) is 0 Å². The van der Waals surface area contributed by atoms with Crippen molar-refractivity contribution in [1.82, 2.24) is 9.78 Å². The lowest BCUT2D eigenvalue weighted by Crippen LogP contribution is -2.16. The van der Waals surface area contributed by atoms with Crippen molar-refractivity contribution in [1.29, 1.82) is 0 Å². The first-order valence-electron chi connectivity index (χ1n) is 8.44. The van der Waals surface area contributed by atoms with E-state index in [0.717, 1.165) is 4.88 Å². The zero-order chi connectivity index (χ0) is 19.6. The Morgan fingerprint density at radius 2 is 1.75 bits per heavy atom. The first-order valence-corrected chi connectivity index (χ1v) is 10.8. The van der Waals surface area contributed by atoms with E-state index in [1.165, 1.54) is 11.3 Å². The summed E-state index contributed by atoms with van der Waals surface area (Å²) in [6, 6.07) is 21.1. The van der Waals surface area contributed by atoms with Crippen molar-refractivity contribution in [3.05, 3.63) is 78.2 Å². The molecule has 0 bridgehead atoms. The average molecular weight is 412 g/mol. The molecule has 2 heterocycles. The predicted octanol–water partition coefficient (Wildman–Crippen LogP) is 4.41. The maximum atomic E-state index is 12.9. The van der Waals surface area contributed by atoms with Gasteiger partial charge in [-0.2, -0.15) is 5.10 Å². The van der Waals surface area contributed by atoms with Gasteiger partial charge in [-0.1, -0.05) is 36.4 Å². The Morgan fingerprint density at radius 3 is 2.46 bits per heavy atom. The molecule has 2 aromatic carbocycles. The normalized spacial score (nSPS) is 11.3. The van der Waals surface area contributed by atoms with Crippen LogP contribution in [-0.2, 0) is 10.0 Å². The van der Waals surface area contributed by atoms with Gasteiger partial charge in [-0.3, -0.25) is 4.72 Å². The largest absolute Gasteiger partial charge is 0.494 e. The average Bonchev–Trinajstić information content (AvgIpc) is 3.38. The van der Waals surface area contributed by atoms with E-state index in [0.29, 0.717) is 22.9 Å². The molecule has 28 heavy (non-hydrogen) atoms. The van der Waals surface area contributed by atoms with Crippen molar-refractivity contribution in [3.63, 3.8) is 0 Å². The highest BCUT2D eigenvalue weighted by Gasteiger charge is 2.20. The summed E-state index contributed by atoms with van der Waals surface area (Å²) in [4.78, 5) is 1.12. The fourth-order valence-electron chi connectivity index (χ4n) is 2.78. The fourth-order valence-corrected chi connectivity index (χ4v) is 4.52. The number of para-hydroxylation sites is 2. The van der Waals surface area contributed by atoms with Gasteiger partial charge < -0.3 is 4.74 Å². The smallest absolute Gasteiger partial charge is 0.263 e. The Hall–Kier alpha value is -3.10. The molecule has 4 rings (SSSR count). The minimum absolute atomic E-state index is 0.181. The molecule has 0 atom stereocenters. The zero-order valence-corrected chi connectivity index (χ0v) is 16.6. The highest BCUT2D eigenvalue weighted by Crippen LogP contribution is 2.32. The summed E-state index contributed by atoms with van der Waals surface area (Å²) in [5.74, 6) is 0.917. The van der Waals surface area contributed by atoms with Crippen molar-refractivity contribution in [2.45, 2.75) is 4.90 Å². The summed E-state index contributed by atoms with van der Waals surface area (Å²) in [6.45, 7) is 0. The highest BCUT2D eigenvalue weighted by atomic mass is 32.2. The van der Waals surface area contributed by atoms with Gasteiger partial charge in [0, 0.05) is 6.07 Å². The summed E-state index contributed by atoms with van der Waals surface area (Å²) >= 11 is 1.53. The van der Waals surface area contributed by atoms with Crippen LogP contribution in [0, 0.1) is 0 Å². The second-order valence-corrected chi connectivity index (χ2v) is 8.52.